The first kappa shape index (κ1) is 17.7. The minimum absolute atomic E-state index is 0.109. The van der Waals surface area contributed by atoms with E-state index in [-0.39, 0.29) is 29.5 Å². The van der Waals surface area contributed by atoms with Crippen molar-refractivity contribution in [3.8, 4) is 11.5 Å². The molecule has 0 saturated heterocycles. The smallest absolute Gasteiger partial charge is 0.221 e. The number of nitrogens with one attached hydrogen (secondary N) is 2. The molecule has 9 nitrogen and oxygen atoms in total. The Morgan fingerprint density at radius 3 is 2.69 bits per heavy atom. The van der Waals surface area contributed by atoms with Gasteiger partial charge in [-0.25, -0.2) is 18.4 Å². The van der Waals surface area contributed by atoms with Crippen LogP contribution >= 0.6 is 0 Å². The number of carbonyl (C=O) groups is 1. The minimum Gasteiger partial charge on any atom is -0.349 e. The molecule has 0 unspecified atom stereocenters. The summed E-state index contributed by atoms with van der Waals surface area (Å²) in [5.74, 6) is 0.158. The quantitative estimate of drug-likeness (QED) is 0.625. The number of amides is 1. The molecule has 0 saturated carbocycles. The van der Waals surface area contributed by atoms with Crippen molar-refractivity contribution < 1.29 is 13.2 Å². The predicted octanol–water partition coefficient (Wildman–Crippen LogP) is 0.742. The van der Waals surface area contributed by atoms with Gasteiger partial charge in [0.2, 0.25) is 11.7 Å². The van der Waals surface area contributed by atoms with E-state index < -0.39 is 9.84 Å². The van der Waals surface area contributed by atoms with E-state index in [4.69, 9.17) is 0 Å². The molecule has 3 aromatic rings. The molecular weight excluding hydrogens is 356 g/mol. The molecule has 134 valence electrons. The first-order valence-electron chi connectivity index (χ1n) is 7.77. The summed E-state index contributed by atoms with van der Waals surface area (Å²) in [6.45, 7) is 0.109. The van der Waals surface area contributed by atoms with E-state index in [1.807, 2.05) is 0 Å². The fourth-order valence-corrected chi connectivity index (χ4v) is 3.41. The average Bonchev–Trinajstić information content (AvgIpc) is 3.15. The standard InChI is InChI=1S/C16H16N6O3S/c23-15(6-9-26(24,25)12-4-2-1-3-5-12)19-11-14-20-16(22-21-14)13-10-17-7-8-18-13/h1-5,7-8,10H,6,9,11H2,(H,19,23)(H,20,21,22). The maximum Gasteiger partial charge on any atom is 0.221 e. The Kier molecular flexibility index (Phi) is 5.32. The molecule has 2 N–H and O–H groups in total. The van der Waals surface area contributed by atoms with Gasteiger partial charge in [0.25, 0.3) is 0 Å². The summed E-state index contributed by atoms with van der Waals surface area (Å²) >= 11 is 0. The Labute approximate surface area is 149 Å². The van der Waals surface area contributed by atoms with Crippen molar-refractivity contribution in [3.05, 3.63) is 54.7 Å². The second-order valence-electron chi connectivity index (χ2n) is 5.36. The lowest BCUT2D eigenvalue weighted by Gasteiger charge is -2.05. The molecule has 26 heavy (non-hydrogen) atoms. The minimum atomic E-state index is -3.48. The third-order valence-electron chi connectivity index (χ3n) is 3.48. The van der Waals surface area contributed by atoms with E-state index >= 15 is 0 Å². The lowest BCUT2D eigenvalue weighted by atomic mass is 10.4. The van der Waals surface area contributed by atoms with Gasteiger partial charge >= 0.3 is 0 Å². The van der Waals surface area contributed by atoms with Crippen LogP contribution in [0.3, 0.4) is 0 Å². The highest BCUT2D eigenvalue weighted by Crippen LogP contribution is 2.11. The van der Waals surface area contributed by atoms with Crippen LogP contribution < -0.4 is 5.32 Å². The number of aromatic amines is 1. The van der Waals surface area contributed by atoms with E-state index in [9.17, 15) is 13.2 Å². The van der Waals surface area contributed by atoms with Gasteiger partial charge in [-0.1, -0.05) is 18.2 Å². The van der Waals surface area contributed by atoms with Crippen LogP contribution in [0.1, 0.15) is 12.2 Å². The van der Waals surface area contributed by atoms with Gasteiger partial charge < -0.3 is 5.32 Å². The third kappa shape index (κ3) is 4.48. The summed E-state index contributed by atoms with van der Waals surface area (Å²) in [5, 5.41) is 9.31. The number of hydrogen-bond acceptors (Lipinski definition) is 7. The molecule has 0 aliphatic rings. The molecule has 0 spiro atoms. The van der Waals surface area contributed by atoms with Crippen molar-refractivity contribution >= 4 is 15.7 Å². The van der Waals surface area contributed by atoms with E-state index in [1.54, 1.807) is 24.4 Å². The highest BCUT2D eigenvalue weighted by Gasteiger charge is 2.16. The molecular formula is C16H16N6O3S. The molecule has 0 atom stereocenters. The van der Waals surface area contributed by atoms with E-state index in [0.717, 1.165) is 0 Å². The fourth-order valence-electron chi connectivity index (χ4n) is 2.15. The van der Waals surface area contributed by atoms with E-state index in [0.29, 0.717) is 17.3 Å². The Morgan fingerprint density at radius 2 is 1.96 bits per heavy atom. The normalized spacial score (nSPS) is 11.2. The van der Waals surface area contributed by atoms with Gasteiger partial charge in [0, 0.05) is 18.8 Å². The Balaban J connectivity index is 1.51. The van der Waals surface area contributed by atoms with Crippen LogP contribution in [-0.4, -0.2) is 45.2 Å². The van der Waals surface area contributed by atoms with Crippen molar-refractivity contribution in [1.29, 1.82) is 0 Å². The van der Waals surface area contributed by atoms with E-state index in [1.165, 1.54) is 24.5 Å². The van der Waals surface area contributed by atoms with E-state index in [2.05, 4.69) is 30.5 Å². The van der Waals surface area contributed by atoms with Gasteiger partial charge in [-0.05, 0) is 12.1 Å². The molecule has 0 aliphatic carbocycles. The van der Waals surface area contributed by atoms with Crippen molar-refractivity contribution in [2.24, 2.45) is 0 Å². The molecule has 3 rings (SSSR count). The summed E-state index contributed by atoms with van der Waals surface area (Å²) in [6.07, 6.45) is 4.46. The number of carbonyl (C=O) groups excluding carboxylic acids is 1. The zero-order valence-electron chi connectivity index (χ0n) is 13.7. The maximum atomic E-state index is 12.1. The largest absolute Gasteiger partial charge is 0.349 e. The van der Waals surface area contributed by atoms with Gasteiger partial charge in [-0.3, -0.25) is 14.9 Å². The maximum absolute atomic E-state index is 12.1. The second-order valence-corrected chi connectivity index (χ2v) is 7.46. The Bertz CT molecular complexity index is 973. The zero-order chi connectivity index (χ0) is 18.4. The molecule has 2 aromatic heterocycles. The van der Waals surface area contributed by atoms with Crippen LogP contribution in [0, 0.1) is 0 Å². The summed E-state index contributed by atoms with van der Waals surface area (Å²) < 4.78 is 24.3. The van der Waals surface area contributed by atoms with Crippen LogP contribution in [-0.2, 0) is 21.2 Å². The predicted molar refractivity (Wildman–Crippen MR) is 92.4 cm³/mol. The molecule has 0 radical (unpaired) electrons. The van der Waals surface area contributed by atoms with Crippen molar-refractivity contribution in [2.75, 3.05) is 5.75 Å². The van der Waals surface area contributed by atoms with Gasteiger partial charge in [0.15, 0.2) is 9.84 Å². The van der Waals surface area contributed by atoms with Crippen molar-refractivity contribution in [3.63, 3.8) is 0 Å². The van der Waals surface area contributed by atoms with Gasteiger partial charge in [0.1, 0.15) is 11.5 Å². The molecule has 1 aromatic carbocycles. The van der Waals surface area contributed by atoms with Gasteiger partial charge in [0.05, 0.1) is 23.4 Å². The Hall–Kier alpha value is -3.14. The van der Waals surface area contributed by atoms with Crippen molar-refractivity contribution in [2.45, 2.75) is 17.9 Å². The number of aromatic nitrogens is 5. The lowest BCUT2D eigenvalue weighted by Crippen LogP contribution is -2.25. The Morgan fingerprint density at radius 1 is 1.15 bits per heavy atom. The third-order valence-corrected chi connectivity index (χ3v) is 5.21. The van der Waals surface area contributed by atoms with Crippen LogP contribution in [0.15, 0.2) is 53.8 Å². The molecule has 1 amide bonds. The van der Waals surface area contributed by atoms with Crippen LogP contribution in [0.25, 0.3) is 11.5 Å². The summed E-state index contributed by atoms with van der Waals surface area (Å²) in [7, 11) is -3.48. The monoisotopic (exact) mass is 372 g/mol. The highest BCUT2D eigenvalue weighted by molar-refractivity contribution is 7.91. The van der Waals surface area contributed by atoms with Crippen LogP contribution in [0.4, 0.5) is 0 Å². The molecule has 0 fully saturated rings. The first-order valence-corrected chi connectivity index (χ1v) is 9.42. The average molecular weight is 372 g/mol. The number of sulfone groups is 1. The topological polar surface area (TPSA) is 131 Å². The van der Waals surface area contributed by atoms with Crippen LogP contribution in [0.2, 0.25) is 0 Å². The van der Waals surface area contributed by atoms with Gasteiger partial charge in [-0.2, -0.15) is 5.10 Å². The molecule has 0 bridgehead atoms. The van der Waals surface area contributed by atoms with Gasteiger partial charge in [-0.15, -0.1) is 0 Å². The lowest BCUT2D eigenvalue weighted by molar-refractivity contribution is -0.120. The SMILES string of the molecule is O=C(CCS(=O)(=O)c1ccccc1)NCc1nc(-c2cnccn2)n[nH]1. The molecule has 10 heteroatoms. The summed E-state index contributed by atoms with van der Waals surface area (Å²) in [5.41, 5.74) is 0.510. The summed E-state index contributed by atoms with van der Waals surface area (Å²) in [4.78, 5) is 24.3. The first-order chi connectivity index (χ1) is 12.5. The molecule has 2 heterocycles. The number of nitrogens with zero attached hydrogens (tertiary/aromatic N) is 4. The number of hydrogen-bond donors (Lipinski definition) is 2. The fraction of sp³-hybridized carbons (Fsp3) is 0.188. The second kappa shape index (κ2) is 7.83. The number of H-pyrrole nitrogens is 1. The van der Waals surface area contributed by atoms with Crippen LogP contribution in [0.5, 0.6) is 0 Å². The van der Waals surface area contributed by atoms with Crippen molar-refractivity contribution in [1.82, 2.24) is 30.5 Å². The zero-order valence-corrected chi connectivity index (χ0v) is 14.5. The molecule has 0 aliphatic heterocycles. The number of benzene rings is 1. The number of rotatable bonds is 7. The highest BCUT2D eigenvalue weighted by atomic mass is 32.2. The summed E-state index contributed by atoms with van der Waals surface area (Å²) in [6, 6.07) is 8.04.